The molecular weight excluding hydrogens is 382 g/mol. The molecule has 29 heavy (non-hydrogen) atoms. The largest absolute Gasteiger partial charge is 0.338 e. The van der Waals surface area contributed by atoms with Crippen molar-refractivity contribution in [3.8, 4) is 0 Å². The highest BCUT2D eigenvalue weighted by Crippen LogP contribution is 2.29. The molecule has 0 radical (unpaired) electrons. The molecule has 1 aliphatic rings. The third-order valence-corrected chi connectivity index (χ3v) is 5.38. The Morgan fingerprint density at radius 1 is 1.00 bits per heavy atom. The van der Waals surface area contributed by atoms with Crippen molar-refractivity contribution in [2.45, 2.75) is 18.9 Å². The lowest BCUT2D eigenvalue weighted by atomic mass is 9.91. The number of nitrogens with zero attached hydrogens (tertiary/aromatic N) is 2. The average molecular weight is 404 g/mol. The zero-order chi connectivity index (χ0) is 20.2. The molecule has 0 unspecified atom stereocenters. The lowest BCUT2D eigenvalue weighted by Crippen LogP contribution is -2.37. The highest BCUT2D eigenvalue weighted by Gasteiger charge is 2.32. The van der Waals surface area contributed by atoms with Crippen LogP contribution < -0.4 is 5.32 Å². The molecule has 2 atom stereocenters. The summed E-state index contributed by atoms with van der Waals surface area (Å²) < 4.78 is 0. The van der Waals surface area contributed by atoms with Crippen molar-refractivity contribution in [3.05, 3.63) is 107 Å². The standard InChI is InChI=1S/C24H22ClN3O/c1-17(18-8-4-2-5-9-18)26-24(29)28-16-22(19-10-6-3-7-11-19)23(27-28)20-12-14-21(25)15-13-20/h2-15,17,22H,16H2,1H3,(H,26,29)/t17-,22+/m1/s1. The number of carbonyl (C=O) groups excluding carboxylic acids is 1. The molecule has 0 bridgehead atoms. The van der Waals surface area contributed by atoms with Gasteiger partial charge in [0, 0.05) is 10.9 Å². The number of urea groups is 1. The molecule has 3 aromatic rings. The number of rotatable bonds is 4. The fraction of sp³-hybridized carbons (Fsp3) is 0.167. The van der Waals surface area contributed by atoms with Gasteiger partial charge in [0.2, 0.25) is 0 Å². The Hall–Kier alpha value is -3.11. The monoisotopic (exact) mass is 403 g/mol. The number of hydrazone groups is 1. The van der Waals surface area contributed by atoms with E-state index < -0.39 is 0 Å². The molecule has 0 saturated heterocycles. The summed E-state index contributed by atoms with van der Waals surface area (Å²) >= 11 is 6.05. The quantitative estimate of drug-likeness (QED) is 0.604. The van der Waals surface area contributed by atoms with Crippen molar-refractivity contribution < 1.29 is 4.79 Å². The minimum Gasteiger partial charge on any atom is -0.330 e. The first kappa shape index (κ1) is 19.2. The Morgan fingerprint density at radius 2 is 1.62 bits per heavy atom. The van der Waals surface area contributed by atoms with Gasteiger partial charge in [-0.2, -0.15) is 5.10 Å². The van der Waals surface area contributed by atoms with Crippen molar-refractivity contribution in [1.82, 2.24) is 10.3 Å². The highest BCUT2D eigenvalue weighted by molar-refractivity contribution is 6.30. The van der Waals surface area contributed by atoms with Crippen LogP contribution in [0.25, 0.3) is 0 Å². The second-order valence-corrected chi connectivity index (χ2v) is 7.56. The summed E-state index contributed by atoms with van der Waals surface area (Å²) in [5, 5.41) is 9.94. The van der Waals surface area contributed by atoms with Gasteiger partial charge < -0.3 is 5.32 Å². The summed E-state index contributed by atoms with van der Waals surface area (Å²) in [6.45, 7) is 2.47. The van der Waals surface area contributed by atoms with E-state index in [0.717, 1.165) is 22.4 Å². The number of carbonyl (C=O) groups is 1. The Bertz CT molecular complexity index is 1000. The van der Waals surface area contributed by atoms with E-state index in [-0.39, 0.29) is 18.0 Å². The van der Waals surface area contributed by atoms with Gasteiger partial charge in [0.25, 0.3) is 0 Å². The van der Waals surface area contributed by atoms with Gasteiger partial charge in [-0.3, -0.25) is 0 Å². The SMILES string of the molecule is C[C@@H](NC(=O)N1C[C@@H](c2ccccc2)C(c2ccc(Cl)cc2)=N1)c1ccccc1. The first-order valence-electron chi connectivity index (χ1n) is 9.64. The van der Waals surface area contributed by atoms with Crippen LogP contribution in [0.2, 0.25) is 5.02 Å². The smallest absolute Gasteiger partial charge is 0.330 e. The van der Waals surface area contributed by atoms with Crippen molar-refractivity contribution in [3.63, 3.8) is 0 Å². The van der Waals surface area contributed by atoms with Crippen molar-refractivity contribution in [2.75, 3.05) is 6.54 Å². The summed E-state index contributed by atoms with van der Waals surface area (Å²) in [5.41, 5.74) is 4.03. The van der Waals surface area contributed by atoms with E-state index in [9.17, 15) is 4.79 Å². The van der Waals surface area contributed by atoms with Crippen LogP contribution in [0.3, 0.4) is 0 Å². The van der Waals surface area contributed by atoms with Crippen LogP contribution in [0.5, 0.6) is 0 Å². The second kappa shape index (κ2) is 8.50. The zero-order valence-electron chi connectivity index (χ0n) is 16.1. The van der Waals surface area contributed by atoms with Gasteiger partial charge >= 0.3 is 6.03 Å². The summed E-state index contributed by atoms with van der Waals surface area (Å²) in [6, 6.07) is 27.4. The fourth-order valence-electron chi connectivity index (χ4n) is 3.54. The number of hydrogen-bond donors (Lipinski definition) is 1. The maximum absolute atomic E-state index is 12.9. The lowest BCUT2D eigenvalue weighted by molar-refractivity contribution is 0.200. The van der Waals surface area contributed by atoms with Gasteiger partial charge in [-0.05, 0) is 35.7 Å². The highest BCUT2D eigenvalue weighted by atomic mass is 35.5. The average Bonchev–Trinajstić information content (AvgIpc) is 3.21. The van der Waals surface area contributed by atoms with Gasteiger partial charge in [-0.15, -0.1) is 0 Å². The van der Waals surface area contributed by atoms with Crippen molar-refractivity contribution in [1.29, 1.82) is 0 Å². The summed E-state index contributed by atoms with van der Waals surface area (Å²) in [7, 11) is 0. The molecule has 1 heterocycles. The molecule has 0 aromatic heterocycles. The molecule has 0 saturated carbocycles. The predicted octanol–water partition coefficient (Wildman–Crippen LogP) is 5.61. The molecule has 146 valence electrons. The van der Waals surface area contributed by atoms with Crippen LogP contribution in [-0.4, -0.2) is 23.3 Å². The Labute approximate surface area is 175 Å². The molecule has 1 N–H and O–H groups in total. The molecule has 2 amide bonds. The number of halogens is 1. The van der Waals surface area contributed by atoms with E-state index >= 15 is 0 Å². The summed E-state index contributed by atoms with van der Waals surface area (Å²) in [4.78, 5) is 12.9. The van der Waals surface area contributed by atoms with E-state index in [1.165, 1.54) is 5.01 Å². The fourth-order valence-corrected chi connectivity index (χ4v) is 3.67. The predicted molar refractivity (Wildman–Crippen MR) is 117 cm³/mol. The van der Waals surface area contributed by atoms with E-state index in [4.69, 9.17) is 11.6 Å². The third kappa shape index (κ3) is 4.33. The summed E-state index contributed by atoms with van der Waals surface area (Å²) in [5.74, 6) is 0.00940. The normalized spacial score (nSPS) is 17.0. The Morgan fingerprint density at radius 3 is 2.28 bits per heavy atom. The Balaban J connectivity index is 1.59. The van der Waals surface area contributed by atoms with Crippen LogP contribution in [0.15, 0.2) is 90.0 Å². The number of amides is 2. The third-order valence-electron chi connectivity index (χ3n) is 5.13. The van der Waals surface area contributed by atoms with Crippen LogP contribution in [0.1, 0.15) is 35.6 Å². The maximum Gasteiger partial charge on any atom is 0.338 e. The Kier molecular flexibility index (Phi) is 5.63. The second-order valence-electron chi connectivity index (χ2n) is 7.12. The van der Waals surface area contributed by atoms with Gasteiger partial charge in [-0.25, -0.2) is 9.80 Å². The molecule has 3 aromatic carbocycles. The van der Waals surface area contributed by atoms with Crippen LogP contribution in [0, 0.1) is 0 Å². The van der Waals surface area contributed by atoms with E-state index in [0.29, 0.717) is 11.6 Å². The summed E-state index contributed by atoms with van der Waals surface area (Å²) in [6.07, 6.45) is 0. The van der Waals surface area contributed by atoms with Gasteiger partial charge in [0.05, 0.1) is 18.3 Å². The minimum absolute atomic E-state index is 0.00940. The van der Waals surface area contributed by atoms with Crippen molar-refractivity contribution in [2.24, 2.45) is 5.10 Å². The first-order chi connectivity index (χ1) is 14.1. The topological polar surface area (TPSA) is 44.7 Å². The van der Waals surface area contributed by atoms with E-state index in [1.54, 1.807) is 0 Å². The van der Waals surface area contributed by atoms with Gasteiger partial charge in [0.15, 0.2) is 0 Å². The van der Waals surface area contributed by atoms with Gasteiger partial charge in [0.1, 0.15) is 0 Å². The van der Waals surface area contributed by atoms with E-state index in [2.05, 4.69) is 22.6 Å². The molecule has 0 aliphatic carbocycles. The molecule has 4 rings (SSSR count). The molecule has 5 heteroatoms. The lowest BCUT2D eigenvalue weighted by Gasteiger charge is -2.19. The van der Waals surface area contributed by atoms with Crippen LogP contribution in [-0.2, 0) is 0 Å². The number of hydrogen-bond acceptors (Lipinski definition) is 2. The van der Waals surface area contributed by atoms with Crippen LogP contribution >= 0.6 is 11.6 Å². The van der Waals surface area contributed by atoms with Crippen LogP contribution in [0.4, 0.5) is 4.79 Å². The number of nitrogens with one attached hydrogen (secondary N) is 1. The molecule has 1 aliphatic heterocycles. The first-order valence-corrected chi connectivity index (χ1v) is 10.0. The maximum atomic E-state index is 12.9. The molecule has 0 spiro atoms. The molecule has 4 nitrogen and oxygen atoms in total. The van der Waals surface area contributed by atoms with Gasteiger partial charge in [-0.1, -0.05) is 84.4 Å². The molecular formula is C24H22ClN3O. The molecule has 0 fully saturated rings. The number of benzene rings is 3. The zero-order valence-corrected chi connectivity index (χ0v) is 16.9. The minimum atomic E-state index is -0.203. The van der Waals surface area contributed by atoms with E-state index in [1.807, 2.05) is 79.7 Å². The van der Waals surface area contributed by atoms with Crippen molar-refractivity contribution >= 4 is 23.3 Å².